The number of hydrogen-bond donors (Lipinski definition) is 3. The lowest BCUT2D eigenvalue weighted by molar-refractivity contribution is -0.142. The van der Waals surface area contributed by atoms with Gasteiger partial charge in [-0.2, -0.15) is 0 Å². The van der Waals surface area contributed by atoms with Crippen LogP contribution >= 0.6 is 0 Å². The third kappa shape index (κ3) is 4.37. The molecule has 6 nitrogen and oxygen atoms in total. The number of urea groups is 1. The van der Waals surface area contributed by atoms with Gasteiger partial charge in [0.2, 0.25) is 0 Å². The smallest absolute Gasteiger partial charge is 0.315 e. The molecule has 2 aliphatic rings. The van der Waals surface area contributed by atoms with Crippen molar-refractivity contribution in [3.05, 3.63) is 0 Å². The van der Waals surface area contributed by atoms with E-state index in [2.05, 4.69) is 10.6 Å². The normalized spacial score (nSPS) is 26.6. The van der Waals surface area contributed by atoms with Gasteiger partial charge in [0.15, 0.2) is 0 Å². The van der Waals surface area contributed by atoms with E-state index in [1.807, 2.05) is 0 Å². The zero-order valence-corrected chi connectivity index (χ0v) is 11.8. The van der Waals surface area contributed by atoms with Crippen LogP contribution in [0.5, 0.6) is 0 Å². The third-order valence-electron chi connectivity index (χ3n) is 4.26. The van der Waals surface area contributed by atoms with E-state index in [-0.39, 0.29) is 19.2 Å². The summed E-state index contributed by atoms with van der Waals surface area (Å²) < 4.78 is 5.10. The van der Waals surface area contributed by atoms with Gasteiger partial charge in [0.25, 0.3) is 0 Å². The van der Waals surface area contributed by atoms with Crippen molar-refractivity contribution in [2.45, 2.75) is 44.6 Å². The maximum atomic E-state index is 11.7. The van der Waals surface area contributed by atoms with Crippen molar-refractivity contribution in [3.63, 3.8) is 0 Å². The van der Waals surface area contributed by atoms with E-state index >= 15 is 0 Å². The highest BCUT2D eigenvalue weighted by Crippen LogP contribution is 2.28. The highest BCUT2D eigenvalue weighted by molar-refractivity contribution is 5.77. The average molecular weight is 284 g/mol. The summed E-state index contributed by atoms with van der Waals surface area (Å²) in [5.41, 5.74) is 0. The van der Waals surface area contributed by atoms with Crippen LogP contribution < -0.4 is 10.6 Å². The number of carboxylic acids is 1. The largest absolute Gasteiger partial charge is 0.481 e. The molecule has 2 unspecified atom stereocenters. The minimum atomic E-state index is -0.922. The van der Waals surface area contributed by atoms with E-state index in [1.54, 1.807) is 0 Å². The molecule has 2 fully saturated rings. The second-order valence-corrected chi connectivity index (χ2v) is 5.78. The van der Waals surface area contributed by atoms with E-state index in [9.17, 15) is 9.59 Å². The number of nitrogens with one attached hydrogen (secondary N) is 2. The van der Waals surface area contributed by atoms with Gasteiger partial charge in [0.1, 0.15) is 5.92 Å². The van der Waals surface area contributed by atoms with Crippen molar-refractivity contribution < 1.29 is 19.4 Å². The molecule has 1 saturated carbocycles. The Morgan fingerprint density at radius 1 is 1.20 bits per heavy atom. The second-order valence-electron chi connectivity index (χ2n) is 5.78. The first-order chi connectivity index (χ1) is 9.66. The number of ether oxygens (including phenoxy) is 1. The summed E-state index contributed by atoms with van der Waals surface area (Å²) in [6.07, 6.45) is 7.50. The Morgan fingerprint density at radius 3 is 2.65 bits per heavy atom. The van der Waals surface area contributed by atoms with E-state index in [0.717, 1.165) is 12.3 Å². The van der Waals surface area contributed by atoms with E-state index in [4.69, 9.17) is 9.84 Å². The molecule has 0 radical (unpaired) electrons. The van der Waals surface area contributed by atoms with Crippen molar-refractivity contribution in [1.29, 1.82) is 0 Å². The number of aliphatic carboxylic acids is 1. The van der Waals surface area contributed by atoms with Crippen LogP contribution in [-0.2, 0) is 9.53 Å². The molecule has 114 valence electrons. The minimum absolute atomic E-state index is 0.169. The highest BCUT2D eigenvalue weighted by Gasteiger charge is 2.34. The van der Waals surface area contributed by atoms with Gasteiger partial charge >= 0.3 is 12.0 Å². The fraction of sp³-hybridized carbons (Fsp3) is 0.857. The highest BCUT2D eigenvalue weighted by atomic mass is 16.5. The fourth-order valence-electron chi connectivity index (χ4n) is 3.05. The minimum Gasteiger partial charge on any atom is -0.481 e. The Labute approximate surface area is 119 Å². The molecule has 0 aromatic carbocycles. The van der Waals surface area contributed by atoms with Gasteiger partial charge in [-0.05, 0) is 18.8 Å². The summed E-state index contributed by atoms with van der Waals surface area (Å²) in [6, 6.07) is -0.722. The molecule has 1 aliphatic carbocycles. The molecule has 0 aromatic heterocycles. The quantitative estimate of drug-likeness (QED) is 0.643. The van der Waals surface area contributed by atoms with E-state index < -0.39 is 17.9 Å². The monoisotopic (exact) mass is 284 g/mol. The number of hydrogen-bond acceptors (Lipinski definition) is 3. The summed E-state index contributed by atoms with van der Waals surface area (Å²) in [4.78, 5) is 22.6. The molecule has 2 atom stereocenters. The van der Waals surface area contributed by atoms with Crippen LogP contribution in [0.4, 0.5) is 4.79 Å². The van der Waals surface area contributed by atoms with Crippen molar-refractivity contribution in [2.24, 2.45) is 11.8 Å². The topological polar surface area (TPSA) is 87.7 Å². The molecule has 6 heteroatoms. The Bertz CT molecular complexity index is 342. The first-order valence-corrected chi connectivity index (χ1v) is 7.51. The second kappa shape index (κ2) is 7.47. The van der Waals surface area contributed by atoms with Crippen LogP contribution in [-0.4, -0.2) is 42.9 Å². The predicted octanol–water partition coefficient (Wildman–Crippen LogP) is 1.36. The van der Waals surface area contributed by atoms with Crippen LogP contribution in [0.1, 0.15) is 38.5 Å². The lowest BCUT2D eigenvalue weighted by atomic mass is 10.0. The molecule has 1 saturated heterocycles. The number of carbonyl (C=O) groups is 2. The first kappa shape index (κ1) is 15.1. The Balaban J connectivity index is 1.58. The molecule has 2 rings (SSSR count). The maximum absolute atomic E-state index is 11.7. The zero-order valence-electron chi connectivity index (χ0n) is 11.8. The lowest BCUT2D eigenvalue weighted by Crippen LogP contribution is -2.47. The van der Waals surface area contributed by atoms with Crippen LogP contribution in [0.3, 0.4) is 0 Å². The van der Waals surface area contributed by atoms with Crippen molar-refractivity contribution >= 4 is 12.0 Å². The molecule has 0 spiro atoms. The zero-order chi connectivity index (χ0) is 14.4. The third-order valence-corrected chi connectivity index (χ3v) is 4.26. The molecular formula is C14H24N2O4. The molecule has 1 aliphatic heterocycles. The number of carbonyl (C=O) groups excluding carboxylic acids is 1. The van der Waals surface area contributed by atoms with E-state index in [0.29, 0.717) is 6.54 Å². The molecule has 0 bridgehead atoms. The molecule has 1 heterocycles. The van der Waals surface area contributed by atoms with Gasteiger partial charge in [-0.3, -0.25) is 4.79 Å². The number of rotatable bonds is 6. The van der Waals surface area contributed by atoms with Crippen molar-refractivity contribution in [2.75, 3.05) is 19.8 Å². The standard InChI is InChI=1S/C14H24N2O4/c17-13(18)11-8-20-9-12(11)16-14(19)15-7-3-6-10-4-1-2-5-10/h10-12H,1-9H2,(H,17,18)(H2,15,16,19). The molecule has 20 heavy (non-hydrogen) atoms. The van der Waals surface area contributed by atoms with Gasteiger partial charge in [-0.25, -0.2) is 4.79 Å². The molecular weight excluding hydrogens is 260 g/mol. The summed E-state index contributed by atoms with van der Waals surface area (Å²) in [5, 5.41) is 14.5. The Morgan fingerprint density at radius 2 is 1.95 bits per heavy atom. The van der Waals surface area contributed by atoms with Gasteiger partial charge in [-0.15, -0.1) is 0 Å². The van der Waals surface area contributed by atoms with Gasteiger partial charge in [0.05, 0.1) is 19.3 Å². The molecule has 2 amide bonds. The molecule has 0 aromatic rings. The summed E-state index contributed by atoms with van der Waals surface area (Å²) >= 11 is 0. The van der Waals surface area contributed by atoms with Crippen molar-refractivity contribution in [3.8, 4) is 0 Å². The maximum Gasteiger partial charge on any atom is 0.315 e. The van der Waals surface area contributed by atoms with Crippen LogP contribution in [0.25, 0.3) is 0 Å². The number of amides is 2. The van der Waals surface area contributed by atoms with Crippen molar-refractivity contribution in [1.82, 2.24) is 10.6 Å². The molecule has 3 N–H and O–H groups in total. The summed E-state index contributed by atoms with van der Waals surface area (Å²) in [6.45, 7) is 1.09. The van der Waals surface area contributed by atoms with Crippen LogP contribution in [0, 0.1) is 11.8 Å². The predicted molar refractivity (Wildman–Crippen MR) is 73.5 cm³/mol. The van der Waals surface area contributed by atoms with Gasteiger partial charge in [0, 0.05) is 6.54 Å². The average Bonchev–Trinajstić information content (AvgIpc) is 3.05. The Kier molecular flexibility index (Phi) is 5.64. The van der Waals surface area contributed by atoms with Crippen LogP contribution in [0.15, 0.2) is 0 Å². The van der Waals surface area contributed by atoms with Gasteiger partial charge < -0.3 is 20.5 Å². The lowest BCUT2D eigenvalue weighted by Gasteiger charge is -2.16. The van der Waals surface area contributed by atoms with Gasteiger partial charge in [-0.1, -0.05) is 25.7 Å². The summed E-state index contributed by atoms with van der Waals surface area (Å²) in [5.74, 6) is -0.729. The fourth-order valence-corrected chi connectivity index (χ4v) is 3.05. The summed E-state index contributed by atoms with van der Waals surface area (Å²) in [7, 11) is 0. The Hall–Kier alpha value is -1.30. The SMILES string of the molecule is O=C(NCCCC1CCCC1)NC1COCC1C(=O)O. The number of carboxylic acid groups (broad SMARTS) is 1. The first-order valence-electron chi connectivity index (χ1n) is 7.51. The van der Waals surface area contributed by atoms with Crippen LogP contribution in [0.2, 0.25) is 0 Å². The van der Waals surface area contributed by atoms with E-state index in [1.165, 1.54) is 32.1 Å².